The minimum atomic E-state index is 1.50. The molecule has 0 bridgehead atoms. The number of rotatable bonds is 4. The summed E-state index contributed by atoms with van der Waals surface area (Å²) in [5, 5.41) is 4.12. The van der Waals surface area contributed by atoms with Crippen LogP contribution in [-0.2, 0) is 14.4 Å². The average molecular weight is 193 g/mol. The van der Waals surface area contributed by atoms with E-state index in [1.807, 2.05) is 50.3 Å². The summed E-state index contributed by atoms with van der Waals surface area (Å²) < 4.78 is 0. The van der Waals surface area contributed by atoms with Crippen molar-refractivity contribution in [2.24, 2.45) is 0 Å². The molecule has 0 aromatic carbocycles. The van der Waals surface area contributed by atoms with Gasteiger partial charge in [0.05, 0.1) is 0 Å². The standard InChI is InChI=1S/2C5H7.Ni/c2*1-3-5-4-2;/h2*1,3-5H,2H3;. The molecule has 0 saturated carbocycles. The van der Waals surface area contributed by atoms with Gasteiger partial charge in [-0.05, 0) is 0 Å². The number of allylic oxidation sites excluding steroid dienone is 6. The van der Waals surface area contributed by atoms with E-state index in [-0.39, 0.29) is 0 Å². The molecule has 0 aromatic rings. The zero-order valence-corrected chi connectivity index (χ0v) is 7.92. The average Bonchev–Trinajstić information content (AvgIpc) is 2.03. The van der Waals surface area contributed by atoms with Gasteiger partial charge in [-0.1, -0.05) is 0 Å². The van der Waals surface area contributed by atoms with Gasteiger partial charge in [-0.15, -0.1) is 0 Å². The summed E-state index contributed by atoms with van der Waals surface area (Å²) in [5.74, 6) is 0. The molecule has 1 heteroatoms. The topological polar surface area (TPSA) is 0 Å². The van der Waals surface area contributed by atoms with Crippen molar-refractivity contribution in [3.8, 4) is 0 Å². The quantitative estimate of drug-likeness (QED) is 0.474. The van der Waals surface area contributed by atoms with Gasteiger partial charge in [0, 0.05) is 0 Å². The van der Waals surface area contributed by atoms with Gasteiger partial charge in [0.15, 0.2) is 0 Å². The summed E-state index contributed by atoms with van der Waals surface area (Å²) in [5.41, 5.74) is 0. The fraction of sp³-hybridized carbons (Fsp3) is 0.200. The second-order valence-electron chi connectivity index (χ2n) is 1.75. The molecular weight excluding hydrogens is 179 g/mol. The van der Waals surface area contributed by atoms with Gasteiger partial charge < -0.3 is 0 Å². The third-order valence-corrected chi connectivity index (χ3v) is 1.61. The van der Waals surface area contributed by atoms with Crippen molar-refractivity contribution in [2.45, 2.75) is 13.8 Å². The van der Waals surface area contributed by atoms with Gasteiger partial charge in [-0.2, -0.15) is 0 Å². The summed E-state index contributed by atoms with van der Waals surface area (Å²) in [6, 6.07) is 0. The van der Waals surface area contributed by atoms with E-state index in [0.717, 1.165) is 0 Å². The SMILES string of the molecule is CC=CC=[CH][Ni][CH]=CC=CC. The molecule has 0 radical (unpaired) electrons. The molecule has 0 aliphatic heterocycles. The first-order chi connectivity index (χ1) is 5.41. The van der Waals surface area contributed by atoms with E-state index in [1.54, 1.807) is 0 Å². The van der Waals surface area contributed by atoms with Gasteiger partial charge in [0.2, 0.25) is 0 Å². The molecule has 0 spiro atoms. The fourth-order valence-corrected chi connectivity index (χ4v) is 0.947. The zero-order valence-electron chi connectivity index (χ0n) is 6.94. The van der Waals surface area contributed by atoms with Crippen molar-refractivity contribution in [1.82, 2.24) is 0 Å². The minimum absolute atomic E-state index is 1.50. The van der Waals surface area contributed by atoms with Crippen molar-refractivity contribution in [3.63, 3.8) is 0 Å². The summed E-state index contributed by atoms with van der Waals surface area (Å²) in [7, 11) is 0. The van der Waals surface area contributed by atoms with Crippen molar-refractivity contribution in [1.29, 1.82) is 0 Å². The van der Waals surface area contributed by atoms with Gasteiger partial charge in [0.25, 0.3) is 0 Å². The molecule has 0 heterocycles. The Balaban J connectivity index is 3.40. The Hall–Kier alpha value is -0.546. The first-order valence-corrected chi connectivity index (χ1v) is 4.66. The normalized spacial score (nSPS) is 13.6. The Morgan fingerprint density at radius 2 is 1.18 bits per heavy atom. The monoisotopic (exact) mass is 192 g/mol. The molecule has 0 atom stereocenters. The van der Waals surface area contributed by atoms with E-state index in [4.69, 9.17) is 0 Å². The van der Waals surface area contributed by atoms with Gasteiger partial charge in [-0.3, -0.25) is 0 Å². The maximum absolute atomic E-state index is 2.06. The second-order valence-corrected chi connectivity index (χ2v) is 2.74. The van der Waals surface area contributed by atoms with Crippen LogP contribution in [0.5, 0.6) is 0 Å². The van der Waals surface area contributed by atoms with Crippen LogP contribution in [-0.4, -0.2) is 0 Å². The first-order valence-electron chi connectivity index (χ1n) is 3.52. The van der Waals surface area contributed by atoms with Crippen molar-refractivity contribution in [2.75, 3.05) is 0 Å². The van der Waals surface area contributed by atoms with Crippen LogP contribution in [0.25, 0.3) is 0 Å². The third kappa shape index (κ3) is 9.45. The molecule has 0 amide bonds. The summed E-state index contributed by atoms with van der Waals surface area (Å²) in [4.78, 5) is 0. The van der Waals surface area contributed by atoms with Crippen LogP contribution >= 0.6 is 0 Å². The van der Waals surface area contributed by atoms with Crippen molar-refractivity contribution < 1.29 is 14.4 Å². The zero-order chi connectivity index (χ0) is 8.36. The van der Waals surface area contributed by atoms with Gasteiger partial charge >= 0.3 is 74.8 Å². The van der Waals surface area contributed by atoms with Crippen LogP contribution in [0.2, 0.25) is 0 Å². The van der Waals surface area contributed by atoms with Gasteiger partial charge in [-0.25, -0.2) is 0 Å². The first kappa shape index (κ1) is 10.5. The van der Waals surface area contributed by atoms with Crippen LogP contribution in [0.1, 0.15) is 13.8 Å². The predicted octanol–water partition coefficient (Wildman–Crippen LogP) is 3.25. The maximum atomic E-state index is 2.06. The molecule has 0 aliphatic rings. The van der Waals surface area contributed by atoms with E-state index in [9.17, 15) is 0 Å². The summed E-state index contributed by atoms with van der Waals surface area (Å²) in [6.45, 7) is 4.01. The molecular formula is C10H14Ni. The summed E-state index contributed by atoms with van der Waals surface area (Å²) in [6.07, 6.45) is 12.1. The van der Waals surface area contributed by atoms with E-state index >= 15 is 0 Å². The molecule has 0 nitrogen and oxygen atoms in total. The van der Waals surface area contributed by atoms with Crippen LogP contribution in [0.3, 0.4) is 0 Å². The van der Waals surface area contributed by atoms with Crippen molar-refractivity contribution in [3.05, 3.63) is 46.5 Å². The van der Waals surface area contributed by atoms with Gasteiger partial charge in [0.1, 0.15) is 0 Å². The Morgan fingerprint density at radius 3 is 1.55 bits per heavy atom. The van der Waals surface area contributed by atoms with Crippen LogP contribution in [0.4, 0.5) is 0 Å². The molecule has 64 valence electrons. The fourth-order valence-electron chi connectivity index (χ4n) is 0.398. The number of hydrogen-bond donors (Lipinski definition) is 0. The molecule has 11 heavy (non-hydrogen) atoms. The molecule has 0 saturated heterocycles. The van der Waals surface area contributed by atoms with E-state index in [2.05, 4.69) is 10.1 Å². The molecule has 0 aliphatic carbocycles. The second kappa shape index (κ2) is 9.45. The molecule has 0 aromatic heterocycles. The van der Waals surface area contributed by atoms with E-state index in [1.165, 1.54) is 14.4 Å². The molecule has 0 N–H and O–H groups in total. The Morgan fingerprint density at radius 1 is 0.727 bits per heavy atom. The molecule has 0 fully saturated rings. The van der Waals surface area contributed by atoms with Crippen LogP contribution < -0.4 is 0 Å². The van der Waals surface area contributed by atoms with Crippen molar-refractivity contribution >= 4 is 0 Å². The molecule has 0 unspecified atom stereocenters. The third-order valence-electron chi connectivity index (χ3n) is 0.851. The van der Waals surface area contributed by atoms with E-state index < -0.39 is 0 Å². The molecule has 0 rings (SSSR count). The predicted molar refractivity (Wildman–Crippen MR) is 47.9 cm³/mol. The Bertz CT molecular complexity index is 153. The summed E-state index contributed by atoms with van der Waals surface area (Å²) >= 11 is 1.50. The number of hydrogen-bond acceptors (Lipinski definition) is 0. The van der Waals surface area contributed by atoms with Crippen LogP contribution in [0, 0.1) is 0 Å². The van der Waals surface area contributed by atoms with Crippen LogP contribution in [0.15, 0.2) is 46.5 Å². The Labute approximate surface area is 75.2 Å². The van der Waals surface area contributed by atoms with E-state index in [0.29, 0.717) is 0 Å². The Kier molecular flexibility index (Phi) is 8.98.